The Morgan fingerprint density at radius 2 is 2.00 bits per heavy atom. The number of hydrogen-bond donors (Lipinski definition) is 1. The molecule has 8 nitrogen and oxygen atoms in total. The maximum absolute atomic E-state index is 13.6. The van der Waals surface area contributed by atoms with Gasteiger partial charge >= 0.3 is 6.09 Å². The first-order valence-corrected chi connectivity index (χ1v) is 14.7. The van der Waals surface area contributed by atoms with Crippen LogP contribution in [0.1, 0.15) is 73.6 Å². The summed E-state index contributed by atoms with van der Waals surface area (Å²) in [6, 6.07) is 5.51. The lowest BCUT2D eigenvalue weighted by Gasteiger charge is -2.37. The van der Waals surface area contributed by atoms with E-state index in [1.165, 1.54) is 30.0 Å². The third-order valence-corrected chi connectivity index (χ3v) is 7.48. The standard InChI is InChI=1S/C32H44ClFN4O4/c1-8-23(14-13-22(4)34)19-32(9-2,21-35)15-11-12-16-37(10-3)29(39)28-20-38(30(40)42-31(5,6)7)26-17-24(33)25(36)18-27(26)41-28/h8,13-14,17-18,28H,1,9-12,15-16,19-20,36H2,2-7H3. The molecule has 10 heteroatoms. The summed E-state index contributed by atoms with van der Waals surface area (Å²) in [6.07, 6.45) is 6.20. The highest BCUT2D eigenvalue weighted by molar-refractivity contribution is 6.33. The molecule has 1 aliphatic heterocycles. The van der Waals surface area contributed by atoms with Gasteiger partial charge in [0.15, 0.2) is 6.10 Å². The molecule has 1 aromatic rings. The Bertz CT molecular complexity index is 1250. The number of allylic oxidation sites excluding steroid dienone is 5. The normalized spacial score (nSPS) is 16.9. The summed E-state index contributed by atoms with van der Waals surface area (Å²) in [5.41, 5.74) is 6.07. The van der Waals surface area contributed by atoms with Gasteiger partial charge in [-0.05, 0) is 78.0 Å². The summed E-state index contributed by atoms with van der Waals surface area (Å²) in [5.74, 6) is -0.309. The molecule has 0 saturated heterocycles. The maximum Gasteiger partial charge on any atom is 0.415 e. The molecule has 0 aliphatic carbocycles. The molecule has 0 fully saturated rings. The van der Waals surface area contributed by atoms with Crippen LogP contribution in [0.2, 0.25) is 5.02 Å². The number of unbranched alkanes of at least 4 members (excludes halogenated alkanes) is 1. The van der Waals surface area contributed by atoms with Crippen LogP contribution in [0.15, 0.2) is 48.3 Å². The van der Waals surface area contributed by atoms with Gasteiger partial charge in [0.2, 0.25) is 0 Å². The minimum absolute atomic E-state index is 0.0473. The largest absolute Gasteiger partial charge is 0.476 e. The second kappa shape index (κ2) is 15.1. The SMILES string of the molecule is C=CC(=CC=C(C)F)CC(C#N)(CC)CCCCN(CC)C(=O)C1CN(C(=O)OC(C)(C)C)c2cc(Cl)c(N)cc2O1. The molecule has 1 aromatic carbocycles. The van der Waals surface area contributed by atoms with Crippen molar-refractivity contribution >= 4 is 35.0 Å². The number of benzene rings is 1. The fourth-order valence-corrected chi connectivity index (χ4v) is 4.87. The number of nitrogens with two attached hydrogens (primary N) is 1. The summed E-state index contributed by atoms with van der Waals surface area (Å²) in [7, 11) is 0. The molecular weight excluding hydrogens is 559 g/mol. The number of amides is 2. The van der Waals surface area contributed by atoms with Crippen LogP contribution in [0.4, 0.5) is 20.6 Å². The number of ether oxygens (including phenoxy) is 2. The van der Waals surface area contributed by atoms with Gasteiger partial charge in [-0.15, -0.1) is 0 Å². The maximum atomic E-state index is 13.6. The lowest BCUT2D eigenvalue weighted by molar-refractivity contribution is -0.138. The van der Waals surface area contributed by atoms with E-state index in [0.29, 0.717) is 50.9 Å². The Labute approximate surface area is 254 Å². The van der Waals surface area contributed by atoms with Crippen molar-refractivity contribution in [3.05, 3.63) is 53.4 Å². The van der Waals surface area contributed by atoms with Crippen molar-refractivity contribution in [3.63, 3.8) is 0 Å². The quantitative estimate of drug-likeness (QED) is 0.149. The highest BCUT2D eigenvalue weighted by atomic mass is 35.5. The number of rotatable bonds is 12. The average Bonchev–Trinajstić information content (AvgIpc) is 2.93. The molecule has 0 bridgehead atoms. The molecule has 2 amide bonds. The van der Waals surface area contributed by atoms with Gasteiger partial charge in [-0.3, -0.25) is 9.69 Å². The molecule has 0 radical (unpaired) electrons. The van der Waals surface area contributed by atoms with Gasteiger partial charge in [0.05, 0.1) is 40.3 Å². The van der Waals surface area contributed by atoms with E-state index in [1.54, 1.807) is 37.8 Å². The van der Waals surface area contributed by atoms with Gasteiger partial charge in [0.25, 0.3) is 5.91 Å². The van der Waals surface area contributed by atoms with Crippen molar-refractivity contribution in [1.29, 1.82) is 5.26 Å². The second-order valence-corrected chi connectivity index (χ2v) is 11.9. The van der Waals surface area contributed by atoms with E-state index in [2.05, 4.69) is 12.6 Å². The lowest BCUT2D eigenvalue weighted by Crippen LogP contribution is -2.52. The second-order valence-electron chi connectivity index (χ2n) is 11.5. The van der Waals surface area contributed by atoms with Crippen molar-refractivity contribution in [3.8, 4) is 11.8 Å². The molecule has 2 atom stereocenters. The monoisotopic (exact) mass is 602 g/mol. The van der Waals surface area contributed by atoms with Crippen LogP contribution in [0.5, 0.6) is 5.75 Å². The first-order chi connectivity index (χ1) is 19.7. The number of carbonyl (C=O) groups excluding carboxylic acids is 2. The van der Waals surface area contributed by atoms with E-state index >= 15 is 0 Å². The number of anilines is 2. The van der Waals surface area contributed by atoms with Gasteiger partial charge in [-0.2, -0.15) is 5.26 Å². The molecule has 1 aliphatic rings. The highest BCUT2D eigenvalue weighted by Gasteiger charge is 2.38. The van der Waals surface area contributed by atoms with Gasteiger partial charge in [0.1, 0.15) is 11.4 Å². The zero-order chi connectivity index (χ0) is 31.7. The van der Waals surface area contributed by atoms with Gasteiger partial charge in [-0.25, -0.2) is 9.18 Å². The van der Waals surface area contributed by atoms with Gasteiger partial charge in [0, 0.05) is 19.2 Å². The minimum atomic E-state index is -0.966. The summed E-state index contributed by atoms with van der Waals surface area (Å²) in [5, 5.41) is 10.3. The Morgan fingerprint density at radius 3 is 2.55 bits per heavy atom. The minimum Gasteiger partial charge on any atom is -0.476 e. The molecule has 0 saturated carbocycles. The number of fused-ring (bicyclic) bond motifs is 1. The molecule has 2 rings (SSSR count). The topological polar surface area (TPSA) is 109 Å². The number of halogens is 2. The predicted octanol–water partition coefficient (Wildman–Crippen LogP) is 7.74. The Hall–Kier alpha value is -3.51. The average molecular weight is 603 g/mol. The first kappa shape index (κ1) is 34.7. The van der Waals surface area contributed by atoms with E-state index < -0.39 is 23.2 Å². The molecule has 0 aromatic heterocycles. The van der Waals surface area contributed by atoms with Gasteiger partial charge in [-0.1, -0.05) is 43.7 Å². The molecule has 42 heavy (non-hydrogen) atoms. The number of carbonyl (C=O) groups is 2. The summed E-state index contributed by atoms with van der Waals surface area (Å²) >= 11 is 6.23. The Balaban J connectivity index is 2.14. The van der Waals surface area contributed by atoms with E-state index in [1.807, 2.05) is 13.8 Å². The molecule has 230 valence electrons. The van der Waals surface area contributed by atoms with Crippen LogP contribution < -0.4 is 15.4 Å². The van der Waals surface area contributed by atoms with Crippen LogP contribution in [-0.4, -0.2) is 48.2 Å². The van der Waals surface area contributed by atoms with Crippen molar-refractivity contribution in [2.24, 2.45) is 5.41 Å². The number of nitrogen functional groups attached to an aromatic ring is 1. The molecule has 0 spiro atoms. The van der Waals surface area contributed by atoms with Crippen molar-refractivity contribution < 1.29 is 23.5 Å². The van der Waals surface area contributed by atoms with Crippen LogP contribution in [0.25, 0.3) is 0 Å². The number of nitriles is 1. The van der Waals surface area contributed by atoms with Gasteiger partial charge < -0.3 is 20.1 Å². The van der Waals surface area contributed by atoms with E-state index in [9.17, 15) is 19.2 Å². The number of likely N-dealkylation sites (N-methyl/N-ethyl adjacent to an activating group) is 1. The predicted molar refractivity (Wildman–Crippen MR) is 166 cm³/mol. The fourth-order valence-electron chi connectivity index (χ4n) is 4.71. The van der Waals surface area contributed by atoms with Crippen LogP contribution in [-0.2, 0) is 9.53 Å². The fraction of sp³-hybridized carbons (Fsp3) is 0.531. The van der Waals surface area contributed by atoms with E-state index in [4.69, 9.17) is 26.8 Å². The van der Waals surface area contributed by atoms with Crippen molar-refractivity contribution in [2.45, 2.75) is 85.4 Å². The lowest BCUT2D eigenvalue weighted by atomic mass is 9.76. The number of nitrogens with zero attached hydrogens (tertiary/aromatic N) is 3. The highest BCUT2D eigenvalue weighted by Crippen LogP contribution is 2.40. The Morgan fingerprint density at radius 1 is 1.31 bits per heavy atom. The van der Waals surface area contributed by atoms with Crippen LogP contribution in [0.3, 0.4) is 0 Å². The first-order valence-electron chi connectivity index (χ1n) is 14.3. The van der Waals surface area contributed by atoms with Crippen LogP contribution in [0, 0.1) is 16.7 Å². The van der Waals surface area contributed by atoms with Crippen molar-refractivity contribution in [2.75, 3.05) is 30.3 Å². The summed E-state index contributed by atoms with van der Waals surface area (Å²) in [4.78, 5) is 29.8. The zero-order valence-electron chi connectivity index (χ0n) is 25.6. The number of hydrogen-bond acceptors (Lipinski definition) is 6. The molecular formula is C32H44ClFN4O4. The molecule has 2 N–H and O–H groups in total. The third kappa shape index (κ3) is 9.52. The summed E-state index contributed by atoms with van der Waals surface area (Å²) in [6.45, 7) is 15.2. The van der Waals surface area contributed by atoms with Crippen LogP contribution >= 0.6 is 11.6 Å². The summed E-state index contributed by atoms with van der Waals surface area (Å²) < 4.78 is 24.9. The third-order valence-electron chi connectivity index (χ3n) is 7.15. The van der Waals surface area contributed by atoms with E-state index in [-0.39, 0.29) is 34.7 Å². The zero-order valence-corrected chi connectivity index (χ0v) is 26.4. The Kier molecular flexibility index (Phi) is 12.5. The molecule has 1 heterocycles. The smallest absolute Gasteiger partial charge is 0.415 e. The van der Waals surface area contributed by atoms with Crippen molar-refractivity contribution in [1.82, 2.24) is 4.90 Å². The van der Waals surface area contributed by atoms with E-state index in [0.717, 1.165) is 5.57 Å². The molecule has 2 unspecified atom stereocenters.